The topological polar surface area (TPSA) is 38.5 Å². The lowest BCUT2D eigenvalue weighted by atomic mass is 10.0. The molecule has 0 bridgehead atoms. The Hall–Kier alpha value is -1.32. The Labute approximate surface area is 116 Å². The van der Waals surface area contributed by atoms with Crippen LogP contribution in [0.25, 0.3) is 0 Å². The summed E-state index contributed by atoms with van der Waals surface area (Å²) in [5.74, 6) is 0. The molecule has 0 unspecified atom stereocenters. The number of benzene rings is 1. The number of anilines is 1. The second-order valence-electron chi connectivity index (χ2n) is 5.06. The van der Waals surface area contributed by atoms with Crippen LogP contribution in [0.2, 0.25) is 0 Å². The van der Waals surface area contributed by atoms with E-state index in [2.05, 4.69) is 42.2 Å². The summed E-state index contributed by atoms with van der Waals surface area (Å²) in [6.45, 7) is 4.88. The van der Waals surface area contributed by atoms with E-state index in [1.54, 1.807) is 7.11 Å². The van der Waals surface area contributed by atoms with E-state index in [-0.39, 0.29) is 6.04 Å². The maximum absolute atomic E-state index is 6.21. The fourth-order valence-corrected chi connectivity index (χ4v) is 2.56. The lowest BCUT2D eigenvalue weighted by Crippen LogP contribution is -2.31. The van der Waals surface area contributed by atoms with Crippen molar-refractivity contribution in [3.63, 3.8) is 0 Å². The summed E-state index contributed by atoms with van der Waals surface area (Å²) in [5, 5.41) is 0. The van der Waals surface area contributed by atoms with E-state index in [1.807, 2.05) is 0 Å². The number of hydrogen-bond acceptors (Lipinski definition) is 3. The molecule has 1 aliphatic rings. The SMILES string of the molecule is CC[C@@H](N)c1ccccc1N1CC=C(COC)CC1. The van der Waals surface area contributed by atoms with Gasteiger partial charge in [-0.25, -0.2) is 0 Å². The zero-order valence-electron chi connectivity index (χ0n) is 11.9. The van der Waals surface area contributed by atoms with Crippen molar-refractivity contribution in [2.45, 2.75) is 25.8 Å². The van der Waals surface area contributed by atoms with Crippen molar-refractivity contribution in [2.24, 2.45) is 5.73 Å². The summed E-state index contributed by atoms with van der Waals surface area (Å²) in [6, 6.07) is 8.62. The van der Waals surface area contributed by atoms with Crippen LogP contribution in [0.1, 0.15) is 31.4 Å². The van der Waals surface area contributed by atoms with E-state index in [4.69, 9.17) is 10.5 Å². The highest BCUT2D eigenvalue weighted by Crippen LogP contribution is 2.28. The summed E-state index contributed by atoms with van der Waals surface area (Å²) in [7, 11) is 1.75. The van der Waals surface area contributed by atoms with Gasteiger partial charge < -0.3 is 15.4 Å². The Bertz CT molecular complexity index is 442. The van der Waals surface area contributed by atoms with Crippen LogP contribution in [-0.4, -0.2) is 26.8 Å². The molecule has 0 spiro atoms. The first-order chi connectivity index (χ1) is 9.26. The highest BCUT2D eigenvalue weighted by molar-refractivity contribution is 5.56. The van der Waals surface area contributed by atoms with Gasteiger partial charge in [0.15, 0.2) is 0 Å². The van der Waals surface area contributed by atoms with Crippen molar-refractivity contribution in [1.29, 1.82) is 0 Å². The highest BCUT2D eigenvalue weighted by atomic mass is 16.5. The Balaban J connectivity index is 2.15. The van der Waals surface area contributed by atoms with Crippen LogP contribution in [0.15, 0.2) is 35.9 Å². The number of rotatable bonds is 5. The first-order valence-electron chi connectivity index (χ1n) is 7.02. The normalized spacial score (nSPS) is 17.2. The van der Waals surface area contributed by atoms with Crippen molar-refractivity contribution in [3.05, 3.63) is 41.5 Å². The molecule has 0 saturated carbocycles. The molecule has 1 aromatic rings. The fraction of sp³-hybridized carbons (Fsp3) is 0.500. The zero-order valence-corrected chi connectivity index (χ0v) is 11.9. The minimum absolute atomic E-state index is 0.126. The van der Waals surface area contributed by atoms with Crippen LogP contribution < -0.4 is 10.6 Å². The molecule has 0 amide bonds. The highest BCUT2D eigenvalue weighted by Gasteiger charge is 2.17. The molecule has 0 radical (unpaired) electrons. The van der Waals surface area contributed by atoms with Gasteiger partial charge in [0.2, 0.25) is 0 Å². The summed E-state index contributed by atoms with van der Waals surface area (Å²) in [5.41, 5.74) is 10.2. The van der Waals surface area contributed by atoms with E-state index in [9.17, 15) is 0 Å². The van der Waals surface area contributed by atoms with Crippen LogP contribution in [0, 0.1) is 0 Å². The molecular weight excluding hydrogens is 236 g/mol. The number of nitrogens with two attached hydrogens (primary N) is 1. The van der Waals surface area contributed by atoms with E-state index in [1.165, 1.54) is 16.8 Å². The monoisotopic (exact) mass is 260 g/mol. The van der Waals surface area contributed by atoms with Crippen LogP contribution >= 0.6 is 0 Å². The van der Waals surface area contributed by atoms with Crippen LogP contribution in [0.4, 0.5) is 5.69 Å². The van der Waals surface area contributed by atoms with Gasteiger partial charge in [-0.15, -0.1) is 0 Å². The molecule has 1 aromatic carbocycles. The molecule has 0 fully saturated rings. The predicted octanol–water partition coefficient (Wildman–Crippen LogP) is 2.88. The van der Waals surface area contributed by atoms with Gasteiger partial charge in [0.25, 0.3) is 0 Å². The standard InChI is InChI=1S/C16H24N2O/c1-3-15(17)14-6-4-5-7-16(14)18-10-8-13(9-11-18)12-19-2/h4-8,15H,3,9-12,17H2,1-2H3/t15-/m1/s1. The lowest BCUT2D eigenvalue weighted by molar-refractivity contribution is 0.222. The lowest BCUT2D eigenvalue weighted by Gasteiger charge is -2.31. The van der Waals surface area contributed by atoms with Crippen LogP contribution in [-0.2, 0) is 4.74 Å². The quantitative estimate of drug-likeness (QED) is 0.827. The molecule has 0 aromatic heterocycles. The molecule has 1 atom stereocenters. The third-order valence-corrected chi connectivity index (χ3v) is 3.75. The van der Waals surface area contributed by atoms with Gasteiger partial charge in [-0.3, -0.25) is 0 Å². The molecule has 0 saturated heterocycles. The summed E-state index contributed by atoms with van der Waals surface area (Å²) >= 11 is 0. The second kappa shape index (κ2) is 6.73. The average molecular weight is 260 g/mol. The minimum Gasteiger partial charge on any atom is -0.380 e. The third-order valence-electron chi connectivity index (χ3n) is 3.75. The Morgan fingerprint density at radius 3 is 2.79 bits per heavy atom. The van der Waals surface area contributed by atoms with E-state index in [0.717, 1.165) is 32.5 Å². The molecule has 3 nitrogen and oxygen atoms in total. The molecule has 1 heterocycles. The Morgan fingerprint density at radius 2 is 2.16 bits per heavy atom. The minimum atomic E-state index is 0.126. The summed E-state index contributed by atoms with van der Waals surface area (Å²) < 4.78 is 5.19. The average Bonchev–Trinajstić information content (AvgIpc) is 2.47. The molecule has 2 N–H and O–H groups in total. The van der Waals surface area contributed by atoms with Gasteiger partial charge in [-0.1, -0.05) is 31.2 Å². The first kappa shape index (κ1) is 14.1. The fourth-order valence-electron chi connectivity index (χ4n) is 2.56. The third kappa shape index (κ3) is 3.37. The Kier molecular flexibility index (Phi) is 5.00. The largest absolute Gasteiger partial charge is 0.380 e. The molecule has 3 heteroatoms. The molecular formula is C16H24N2O. The number of ether oxygens (including phenoxy) is 1. The maximum Gasteiger partial charge on any atom is 0.0674 e. The smallest absolute Gasteiger partial charge is 0.0674 e. The summed E-state index contributed by atoms with van der Waals surface area (Å²) in [4.78, 5) is 2.41. The van der Waals surface area contributed by atoms with Crippen molar-refractivity contribution in [3.8, 4) is 0 Å². The predicted molar refractivity (Wildman–Crippen MR) is 80.5 cm³/mol. The van der Waals surface area contributed by atoms with Crippen LogP contribution in [0.3, 0.4) is 0 Å². The van der Waals surface area contributed by atoms with Crippen molar-refractivity contribution >= 4 is 5.69 Å². The molecule has 2 rings (SSSR count). The van der Waals surface area contributed by atoms with Crippen molar-refractivity contribution in [1.82, 2.24) is 0 Å². The van der Waals surface area contributed by atoms with Crippen LogP contribution in [0.5, 0.6) is 0 Å². The molecule has 104 valence electrons. The molecule has 1 aliphatic heterocycles. The number of hydrogen-bond donors (Lipinski definition) is 1. The first-order valence-corrected chi connectivity index (χ1v) is 7.02. The van der Waals surface area contributed by atoms with Gasteiger partial charge in [0, 0.05) is 31.9 Å². The zero-order chi connectivity index (χ0) is 13.7. The Morgan fingerprint density at radius 1 is 1.37 bits per heavy atom. The second-order valence-corrected chi connectivity index (χ2v) is 5.06. The summed E-state index contributed by atoms with van der Waals surface area (Å²) in [6.07, 6.45) is 4.32. The van der Waals surface area contributed by atoms with Gasteiger partial charge in [-0.2, -0.15) is 0 Å². The number of methoxy groups -OCH3 is 1. The maximum atomic E-state index is 6.21. The molecule has 0 aliphatic carbocycles. The van der Waals surface area contributed by atoms with Gasteiger partial charge in [-0.05, 0) is 30.0 Å². The van der Waals surface area contributed by atoms with Crippen molar-refractivity contribution in [2.75, 3.05) is 31.7 Å². The van der Waals surface area contributed by atoms with Gasteiger partial charge >= 0.3 is 0 Å². The van der Waals surface area contributed by atoms with Gasteiger partial charge in [0.05, 0.1) is 6.61 Å². The number of nitrogens with zero attached hydrogens (tertiary/aromatic N) is 1. The van der Waals surface area contributed by atoms with E-state index < -0.39 is 0 Å². The number of para-hydroxylation sites is 1. The molecule has 19 heavy (non-hydrogen) atoms. The van der Waals surface area contributed by atoms with E-state index >= 15 is 0 Å². The van der Waals surface area contributed by atoms with Gasteiger partial charge in [0.1, 0.15) is 0 Å². The van der Waals surface area contributed by atoms with E-state index in [0.29, 0.717) is 0 Å². The van der Waals surface area contributed by atoms with Crippen molar-refractivity contribution < 1.29 is 4.74 Å².